The van der Waals surface area contributed by atoms with Gasteiger partial charge in [0.15, 0.2) is 0 Å². The SMILES string of the molecule is COc1ccc(-c2ccc3cc(C(=O)OCC(C)O)ccc3c2)cc1C12CC3CC(CC(C3)C1)C2. The van der Waals surface area contributed by atoms with E-state index in [-0.39, 0.29) is 12.0 Å². The molecule has 4 aliphatic rings. The average Bonchev–Trinajstić information content (AvgIpc) is 2.85. The number of methoxy groups -OCH3 is 1. The van der Waals surface area contributed by atoms with Crippen molar-refractivity contribution in [3.8, 4) is 16.9 Å². The van der Waals surface area contributed by atoms with Gasteiger partial charge in [-0.25, -0.2) is 4.79 Å². The smallest absolute Gasteiger partial charge is 0.338 e. The number of hydrogen-bond donors (Lipinski definition) is 1. The van der Waals surface area contributed by atoms with Crippen LogP contribution in [0.2, 0.25) is 0 Å². The minimum Gasteiger partial charge on any atom is -0.496 e. The van der Waals surface area contributed by atoms with Crippen molar-refractivity contribution in [2.75, 3.05) is 13.7 Å². The highest BCUT2D eigenvalue weighted by molar-refractivity contribution is 5.96. The maximum Gasteiger partial charge on any atom is 0.338 e. The lowest BCUT2D eigenvalue weighted by Crippen LogP contribution is -2.48. The summed E-state index contributed by atoms with van der Waals surface area (Å²) in [7, 11) is 1.80. The maximum absolute atomic E-state index is 12.3. The summed E-state index contributed by atoms with van der Waals surface area (Å²) >= 11 is 0. The van der Waals surface area contributed by atoms with Crippen molar-refractivity contribution >= 4 is 16.7 Å². The van der Waals surface area contributed by atoms with E-state index in [4.69, 9.17) is 9.47 Å². The molecule has 1 atom stereocenters. The van der Waals surface area contributed by atoms with Gasteiger partial charge in [-0.15, -0.1) is 0 Å². The van der Waals surface area contributed by atoms with Crippen LogP contribution in [0.5, 0.6) is 5.75 Å². The molecule has 1 N–H and O–H groups in total. The van der Waals surface area contributed by atoms with Gasteiger partial charge in [-0.1, -0.05) is 24.3 Å². The summed E-state index contributed by atoms with van der Waals surface area (Å²) in [6.45, 7) is 1.60. The minimum atomic E-state index is -0.671. The van der Waals surface area contributed by atoms with Gasteiger partial charge in [0, 0.05) is 5.56 Å². The molecule has 4 bridgehead atoms. The van der Waals surface area contributed by atoms with Gasteiger partial charge in [0.05, 0.1) is 18.8 Å². The molecule has 35 heavy (non-hydrogen) atoms. The molecule has 4 heteroatoms. The fourth-order valence-electron chi connectivity index (χ4n) is 7.57. The highest BCUT2D eigenvalue weighted by atomic mass is 16.5. The quantitative estimate of drug-likeness (QED) is 0.417. The third kappa shape index (κ3) is 4.12. The number of aliphatic hydroxyl groups excluding tert-OH is 1. The van der Waals surface area contributed by atoms with Crippen molar-refractivity contribution in [1.29, 1.82) is 0 Å². The molecule has 3 aromatic rings. The lowest BCUT2D eigenvalue weighted by atomic mass is 9.48. The van der Waals surface area contributed by atoms with Gasteiger partial charge in [0.1, 0.15) is 12.4 Å². The van der Waals surface area contributed by atoms with Crippen LogP contribution in [0.4, 0.5) is 0 Å². The van der Waals surface area contributed by atoms with Crippen LogP contribution in [0, 0.1) is 17.8 Å². The molecule has 0 aliphatic heterocycles. The molecule has 0 spiro atoms. The zero-order valence-corrected chi connectivity index (χ0v) is 20.6. The fraction of sp³-hybridized carbons (Fsp3) is 0.452. The number of ether oxygens (including phenoxy) is 2. The van der Waals surface area contributed by atoms with Crippen molar-refractivity contribution in [3.05, 3.63) is 65.7 Å². The number of benzene rings is 3. The molecule has 4 saturated carbocycles. The molecule has 3 aromatic carbocycles. The lowest BCUT2D eigenvalue weighted by molar-refractivity contribution is -0.00613. The van der Waals surface area contributed by atoms with Crippen LogP contribution >= 0.6 is 0 Å². The fourth-order valence-corrected chi connectivity index (χ4v) is 7.57. The van der Waals surface area contributed by atoms with E-state index in [9.17, 15) is 9.90 Å². The van der Waals surface area contributed by atoms with Crippen LogP contribution in [-0.4, -0.2) is 30.9 Å². The first-order valence-corrected chi connectivity index (χ1v) is 13.0. The summed E-state index contributed by atoms with van der Waals surface area (Å²) in [5.74, 6) is 3.29. The second-order valence-electron chi connectivity index (χ2n) is 11.3. The number of carbonyl (C=O) groups is 1. The third-order valence-electron chi connectivity index (χ3n) is 8.67. The predicted molar refractivity (Wildman–Crippen MR) is 138 cm³/mol. The molecule has 0 radical (unpaired) electrons. The van der Waals surface area contributed by atoms with Gasteiger partial charge in [0.25, 0.3) is 0 Å². The molecule has 0 amide bonds. The second kappa shape index (κ2) is 8.67. The van der Waals surface area contributed by atoms with Crippen LogP contribution in [0.3, 0.4) is 0 Å². The molecular weight excluding hydrogens is 436 g/mol. The van der Waals surface area contributed by atoms with Gasteiger partial charge >= 0.3 is 5.97 Å². The summed E-state index contributed by atoms with van der Waals surface area (Å²) in [5, 5.41) is 11.5. The molecule has 1 unspecified atom stereocenters. The molecule has 4 aliphatic carbocycles. The van der Waals surface area contributed by atoms with Crippen LogP contribution in [0.15, 0.2) is 54.6 Å². The largest absolute Gasteiger partial charge is 0.496 e. The predicted octanol–water partition coefficient (Wildman–Crippen LogP) is 6.52. The highest BCUT2D eigenvalue weighted by Crippen LogP contribution is 2.62. The molecule has 0 heterocycles. The second-order valence-corrected chi connectivity index (χ2v) is 11.3. The van der Waals surface area contributed by atoms with Crippen LogP contribution in [0.1, 0.15) is 61.4 Å². The normalized spacial score (nSPS) is 27.7. The van der Waals surface area contributed by atoms with E-state index in [1.807, 2.05) is 12.1 Å². The van der Waals surface area contributed by atoms with E-state index in [0.717, 1.165) is 34.3 Å². The molecule has 4 fully saturated rings. The lowest BCUT2D eigenvalue weighted by Gasteiger charge is -2.57. The summed E-state index contributed by atoms with van der Waals surface area (Å²) in [4.78, 5) is 12.3. The van der Waals surface area contributed by atoms with Crippen LogP contribution in [0.25, 0.3) is 21.9 Å². The molecule has 0 aromatic heterocycles. The van der Waals surface area contributed by atoms with Crippen molar-refractivity contribution in [3.63, 3.8) is 0 Å². The number of aliphatic hydroxyl groups is 1. The Morgan fingerprint density at radius 3 is 2.17 bits per heavy atom. The van der Waals surface area contributed by atoms with Crippen molar-refractivity contribution < 1.29 is 19.4 Å². The topological polar surface area (TPSA) is 55.8 Å². The monoisotopic (exact) mass is 470 g/mol. The molecule has 7 rings (SSSR count). The van der Waals surface area contributed by atoms with Gasteiger partial charge in [-0.3, -0.25) is 0 Å². The Hall–Kier alpha value is -2.85. The Morgan fingerprint density at radius 2 is 1.51 bits per heavy atom. The first kappa shape index (κ1) is 22.6. The number of esters is 1. The summed E-state index contributed by atoms with van der Waals surface area (Å²) < 4.78 is 11.1. The Morgan fingerprint density at radius 1 is 0.914 bits per heavy atom. The van der Waals surface area contributed by atoms with Gasteiger partial charge in [0.2, 0.25) is 0 Å². The van der Waals surface area contributed by atoms with Crippen LogP contribution < -0.4 is 4.74 Å². The van der Waals surface area contributed by atoms with Gasteiger partial charge < -0.3 is 14.6 Å². The standard InChI is InChI=1S/C31H34O4/c1-19(32)18-35-30(33)27-6-5-23-12-24(3-4-25(23)13-27)26-7-8-29(34-2)28(14-26)31-15-20-9-21(16-31)11-22(10-20)17-31/h3-8,12-14,19-22,32H,9-11,15-18H2,1-2H3. The zero-order valence-electron chi connectivity index (χ0n) is 20.6. The molecule has 4 nitrogen and oxygen atoms in total. The number of carbonyl (C=O) groups excluding carboxylic acids is 1. The number of hydrogen-bond acceptors (Lipinski definition) is 4. The van der Waals surface area contributed by atoms with E-state index in [1.54, 1.807) is 20.1 Å². The van der Waals surface area contributed by atoms with E-state index < -0.39 is 12.1 Å². The third-order valence-corrected chi connectivity index (χ3v) is 8.67. The Labute approximate surface area is 207 Å². The summed E-state index contributed by atoms with van der Waals surface area (Å²) in [6.07, 6.45) is 7.55. The highest BCUT2D eigenvalue weighted by Gasteiger charge is 2.52. The Bertz CT molecular complexity index is 1240. The maximum atomic E-state index is 12.3. The number of fused-ring (bicyclic) bond motifs is 1. The Balaban J connectivity index is 1.33. The summed E-state index contributed by atoms with van der Waals surface area (Å²) in [5.41, 5.74) is 4.58. The van der Waals surface area contributed by atoms with Crippen molar-refractivity contribution in [2.24, 2.45) is 17.8 Å². The Kier molecular flexibility index (Phi) is 5.60. The van der Waals surface area contributed by atoms with Crippen molar-refractivity contribution in [2.45, 2.75) is 57.0 Å². The molecule has 182 valence electrons. The van der Waals surface area contributed by atoms with E-state index in [0.29, 0.717) is 5.56 Å². The first-order valence-electron chi connectivity index (χ1n) is 13.0. The average molecular weight is 471 g/mol. The van der Waals surface area contributed by atoms with E-state index >= 15 is 0 Å². The molecule has 0 saturated heterocycles. The summed E-state index contributed by atoms with van der Waals surface area (Å²) in [6, 6.07) is 18.8. The number of rotatable bonds is 6. The van der Waals surface area contributed by atoms with E-state index in [1.165, 1.54) is 55.2 Å². The zero-order chi connectivity index (χ0) is 24.2. The van der Waals surface area contributed by atoms with Crippen molar-refractivity contribution in [1.82, 2.24) is 0 Å². The van der Waals surface area contributed by atoms with Gasteiger partial charge in [-0.05, 0) is 121 Å². The van der Waals surface area contributed by atoms with E-state index in [2.05, 4.69) is 36.4 Å². The first-order chi connectivity index (χ1) is 16.9. The molecular formula is C31H34O4. The van der Waals surface area contributed by atoms with Crippen LogP contribution in [-0.2, 0) is 10.2 Å². The van der Waals surface area contributed by atoms with Gasteiger partial charge in [-0.2, -0.15) is 0 Å². The minimum absolute atomic E-state index is 0.000652.